The normalized spacial score (nSPS) is 10.4. The first-order valence-electron chi connectivity index (χ1n) is 7.18. The van der Waals surface area contributed by atoms with Crippen molar-refractivity contribution < 1.29 is 9.53 Å². The number of pyridine rings is 1. The highest BCUT2D eigenvalue weighted by Gasteiger charge is 2.16. The Labute approximate surface area is 159 Å². The molecule has 0 bridgehead atoms. The first-order valence-corrected chi connectivity index (χ1v) is 8.31. The van der Waals surface area contributed by atoms with Crippen LogP contribution in [0.25, 0.3) is 0 Å². The van der Waals surface area contributed by atoms with Crippen molar-refractivity contribution in [2.75, 3.05) is 5.32 Å². The Hall–Kier alpha value is -2.27. The number of amides is 1. The predicted octanol–water partition coefficient (Wildman–Crippen LogP) is 6.09. The molecule has 3 rings (SSSR count). The number of halogens is 3. The van der Waals surface area contributed by atoms with Crippen molar-refractivity contribution in [2.24, 2.45) is 0 Å². The molecule has 25 heavy (non-hydrogen) atoms. The minimum absolute atomic E-state index is 0.174. The van der Waals surface area contributed by atoms with E-state index in [1.165, 1.54) is 6.20 Å². The van der Waals surface area contributed by atoms with E-state index in [1.807, 2.05) is 0 Å². The number of nitrogens with zero attached hydrogens (tertiary/aromatic N) is 1. The van der Waals surface area contributed by atoms with E-state index in [9.17, 15) is 4.79 Å². The monoisotopic (exact) mass is 392 g/mol. The first-order chi connectivity index (χ1) is 12.0. The fraction of sp³-hybridized carbons (Fsp3) is 0. The zero-order valence-corrected chi connectivity index (χ0v) is 14.9. The summed E-state index contributed by atoms with van der Waals surface area (Å²) in [4.78, 5) is 16.7. The van der Waals surface area contributed by atoms with Gasteiger partial charge in [0.2, 0.25) is 5.88 Å². The summed E-state index contributed by atoms with van der Waals surface area (Å²) in [7, 11) is 0. The molecule has 0 aliphatic heterocycles. The third kappa shape index (κ3) is 4.42. The van der Waals surface area contributed by atoms with Gasteiger partial charge in [-0.3, -0.25) is 4.79 Å². The lowest BCUT2D eigenvalue weighted by molar-refractivity contribution is 0.102. The highest BCUT2D eigenvalue weighted by Crippen LogP contribution is 2.28. The second-order valence-corrected chi connectivity index (χ2v) is 6.27. The van der Waals surface area contributed by atoms with Crippen LogP contribution in [0.2, 0.25) is 15.1 Å². The molecule has 0 fully saturated rings. The van der Waals surface area contributed by atoms with Crippen LogP contribution in [0.3, 0.4) is 0 Å². The molecule has 0 aliphatic carbocycles. The van der Waals surface area contributed by atoms with E-state index < -0.39 is 5.91 Å². The summed E-state index contributed by atoms with van der Waals surface area (Å²) in [5.74, 6) is 0.287. The molecule has 1 N–H and O–H groups in total. The second-order valence-electron chi connectivity index (χ2n) is 4.99. The molecule has 126 valence electrons. The highest BCUT2D eigenvalue weighted by atomic mass is 35.5. The average molecular weight is 394 g/mol. The third-order valence-corrected chi connectivity index (χ3v) is 4.02. The number of anilines is 1. The van der Waals surface area contributed by atoms with Crippen LogP contribution in [0.4, 0.5) is 5.69 Å². The zero-order valence-electron chi connectivity index (χ0n) is 12.7. The van der Waals surface area contributed by atoms with E-state index in [-0.39, 0.29) is 11.4 Å². The lowest BCUT2D eigenvalue weighted by atomic mass is 10.2. The molecule has 1 amide bonds. The van der Waals surface area contributed by atoms with E-state index in [0.717, 1.165) is 0 Å². The highest BCUT2D eigenvalue weighted by molar-refractivity contribution is 6.36. The summed E-state index contributed by atoms with van der Waals surface area (Å²) in [6.07, 6.45) is 1.54. The molecule has 2 aromatic carbocycles. The summed E-state index contributed by atoms with van der Waals surface area (Å²) in [6.45, 7) is 0. The van der Waals surface area contributed by atoms with Gasteiger partial charge in [-0.25, -0.2) is 4.98 Å². The van der Waals surface area contributed by atoms with Gasteiger partial charge in [0.25, 0.3) is 5.91 Å². The number of ether oxygens (including phenoxy) is 1. The lowest BCUT2D eigenvalue weighted by Crippen LogP contribution is -2.14. The van der Waals surface area contributed by atoms with Gasteiger partial charge in [0.05, 0.1) is 10.7 Å². The quantitative estimate of drug-likeness (QED) is 0.584. The molecule has 0 spiro atoms. The molecule has 1 aromatic heterocycles. The van der Waals surface area contributed by atoms with Crippen LogP contribution in [0.15, 0.2) is 60.8 Å². The number of carbonyl (C=O) groups excluding carboxylic acids is 1. The van der Waals surface area contributed by atoms with Gasteiger partial charge in [0, 0.05) is 16.2 Å². The van der Waals surface area contributed by atoms with E-state index in [4.69, 9.17) is 39.5 Å². The van der Waals surface area contributed by atoms with Crippen molar-refractivity contribution in [3.63, 3.8) is 0 Å². The summed E-state index contributed by atoms with van der Waals surface area (Å²) in [5, 5.41) is 4.13. The van der Waals surface area contributed by atoms with Gasteiger partial charge in [-0.1, -0.05) is 34.8 Å². The third-order valence-electron chi connectivity index (χ3n) is 3.22. The van der Waals surface area contributed by atoms with Crippen LogP contribution in [-0.4, -0.2) is 10.9 Å². The summed E-state index contributed by atoms with van der Waals surface area (Å²) in [6, 6.07) is 14.8. The van der Waals surface area contributed by atoms with Gasteiger partial charge in [-0.05, 0) is 54.6 Å². The zero-order chi connectivity index (χ0) is 17.8. The Morgan fingerprint density at radius 3 is 2.40 bits per heavy atom. The van der Waals surface area contributed by atoms with Crippen molar-refractivity contribution in [1.29, 1.82) is 0 Å². The Bertz CT molecular complexity index is 914. The van der Waals surface area contributed by atoms with Crippen LogP contribution in [0.1, 0.15) is 10.4 Å². The van der Waals surface area contributed by atoms with Crippen molar-refractivity contribution in [1.82, 2.24) is 4.98 Å². The average Bonchev–Trinajstić information content (AvgIpc) is 2.60. The standard InChI is InChI=1S/C18H11Cl3N2O2/c19-11-3-6-13(7-4-11)25-18-14(2-1-9-22-18)17(24)23-16-8-5-12(20)10-15(16)21/h1-10H,(H,23,24). The lowest BCUT2D eigenvalue weighted by Gasteiger charge is -2.11. The number of nitrogens with one attached hydrogen (secondary N) is 1. The smallest absolute Gasteiger partial charge is 0.261 e. The summed E-state index contributed by atoms with van der Waals surface area (Å²) >= 11 is 17.8. The Morgan fingerprint density at radius 2 is 1.68 bits per heavy atom. The maximum atomic E-state index is 12.6. The molecule has 4 nitrogen and oxygen atoms in total. The number of hydrogen-bond donors (Lipinski definition) is 1. The van der Waals surface area contributed by atoms with E-state index in [0.29, 0.717) is 26.5 Å². The van der Waals surface area contributed by atoms with Crippen molar-refractivity contribution in [3.8, 4) is 11.6 Å². The molecule has 0 atom stereocenters. The molecular formula is C18H11Cl3N2O2. The maximum absolute atomic E-state index is 12.6. The maximum Gasteiger partial charge on any atom is 0.261 e. The predicted molar refractivity (Wildman–Crippen MR) is 100 cm³/mol. The Balaban J connectivity index is 1.84. The van der Waals surface area contributed by atoms with Crippen molar-refractivity contribution >= 4 is 46.4 Å². The molecule has 0 radical (unpaired) electrons. The largest absolute Gasteiger partial charge is 0.438 e. The van der Waals surface area contributed by atoms with E-state index in [1.54, 1.807) is 54.6 Å². The molecule has 0 saturated heterocycles. The van der Waals surface area contributed by atoms with Crippen LogP contribution >= 0.6 is 34.8 Å². The van der Waals surface area contributed by atoms with Crippen LogP contribution < -0.4 is 10.1 Å². The minimum Gasteiger partial charge on any atom is -0.438 e. The van der Waals surface area contributed by atoms with Crippen molar-refractivity contribution in [2.45, 2.75) is 0 Å². The molecule has 7 heteroatoms. The van der Waals surface area contributed by atoms with Gasteiger partial charge in [-0.15, -0.1) is 0 Å². The fourth-order valence-electron chi connectivity index (χ4n) is 2.04. The first kappa shape index (κ1) is 17.5. The molecule has 0 aliphatic rings. The number of benzene rings is 2. The number of carbonyl (C=O) groups is 1. The van der Waals surface area contributed by atoms with Gasteiger partial charge in [-0.2, -0.15) is 0 Å². The molecule has 0 saturated carbocycles. The number of aromatic nitrogens is 1. The molecule has 0 unspecified atom stereocenters. The SMILES string of the molecule is O=C(Nc1ccc(Cl)cc1Cl)c1cccnc1Oc1ccc(Cl)cc1. The van der Waals surface area contributed by atoms with Crippen LogP contribution in [0, 0.1) is 0 Å². The molecular weight excluding hydrogens is 383 g/mol. The van der Waals surface area contributed by atoms with Gasteiger partial charge in [0.15, 0.2) is 0 Å². The Morgan fingerprint density at radius 1 is 0.960 bits per heavy atom. The van der Waals surface area contributed by atoms with Crippen LogP contribution in [-0.2, 0) is 0 Å². The molecule has 3 aromatic rings. The van der Waals surface area contributed by atoms with Gasteiger partial charge < -0.3 is 10.1 Å². The second kappa shape index (κ2) is 7.74. The van der Waals surface area contributed by atoms with E-state index in [2.05, 4.69) is 10.3 Å². The van der Waals surface area contributed by atoms with Gasteiger partial charge in [0.1, 0.15) is 11.3 Å². The fourth-order valence-corrected chi connectivity index (χ4v) is 2.62. The topological polar surface area (TPSA) is 51.2 Å². The van der Waals surface area contributed by atoms with E-state index >= 15 is 0 Å². The number of hydrogen-bond acceptors (Lipinski definition) is 3. The number of rotatable bonds is 4. The van der Waals surface area contributed by atoms with Crippen molar-refractivity contribution in [3.05, 3.63) is 81.4 Å². The summed E-state index contributed by atoms with van der Waals surface area (Å²) in [5.41, 5.74) is 0.709. The van der Waals surface area contributed by atoms with Crippen LogP contribution in [0.5, 0.6) is 11.6 Å². The summed E-state index contributed by atoms with van der Waals surface area (Å²) < 4.78 is 5.69. The minimum atomic E-state index is -0.402. The Kier molecular flexibility index (Phi) is 5.43. The van der Waals surface area contributed by atoms with Gasteiger partial charge >= 0.3 is 0 Å². The molecule has 1 heterocycles.